The molecule has 1 N–H and O–H groups in total. The van der Waals surface area contributed by atoms with Gasteiger partial charge in [0.25, 0.3) is 10.0 Å². The Labute approximate surface area is 211 Å². The fourth-order valence-corrected chi connectivity index (χ4v) is 5.90. The van der Waals surface area contributed by atoms with Gasteiger partial charge in [0.15, 0.2) is 0 Å². The van der Waals surface area contributed by atoms with Crippen LogP contribution in [0.25, 0.3) is 0 Å². The molecule has 8 heteroatoms. The monoisotopic (exact) mass is 516 g/mol. The number of carbonyl (C=O) groups is 1. The lowest BCUT2D eigenvalue weighted by molar-refractivity contribution is -0.119. The van der Waals surface area contributed by atoms with E-state index in [0.29, 0.717) is 22.8 Å². The first-order valence-electron chi connectivity index (χ1n) is 10.9. The van der Waals surface area contributed by atoms with Gasteiger partial charge in [-0.05, 0) is 56.2 Å². The third-order valence-electron chi connectivity index (χ3n) is 5.32. The van der Waals surface area contributed by atoms with Crippen molar-refractivity contribution < 1.29 is 13.2 Å². The molecule has 0 saturated carbocycles. The summed E-state index contributed by atoms with van der Waals surface area (Å²) in [6.07, 6.45) is 0. The van der Waals surface area contributed by atoms with Crippen molar-refractivity contribution in [2.75, 3.05) is 23.1 Å². The summed E-state index contributed by atoms with van der Waals surface area (Å²) in [4.78, 5) is 12.9. The Morgan fingerprint density at radius 3 is 2.38 bits per heavy atom. The maximum absolute atomic E-state index is 13.5. The van der Waals surface area contributed by atoms with Crippen LogP contribution >= 0.6 is 23.4 Å². The van der Waals surface area contributed by atoms with Crippen LogP contribution in [0, 0.1) is 20.8 Å². The van der Waals surface area contributed by atoms with E-state index in [9.17, 15) is 13.2 Å². The summed E-state index contributed by atoms with van der Waals surface area (Å²) < 4.78 is 28.1. The number of aryl methyl sites for hydroxylation is 2. The molecule has 34 heavy (non-hydrogen) atoms. The molecule has 0 radical (unpaired) electrons. The van der Waals surface area contributed by atoms with Crippen molar-refractivity contribution in [3.63, 3.8) is 0 Å². The lowest BCUT2D eigenvalue weighted by Gasteiger charge is -2.26. The lowest BCUT2D eigenvalue weighted by Crippen LogP contribution is -2.41. The molecule has 0 aliphatic carbocycles. The van der Waals surface area contributed by atoms with Crippen molar-refractivity contribution in [2.45, 2.75) is 31.4 Å². The molecule has 1 amide bonds. The number of hydrogen-bond acceptors (Lipinski definition) is 4. The highest BCUT2D eigenvalue weighted by molar-refractivity contribution is 7.98. The van der Waals surface area contributed by atoms with Crippen LogP contribution in [0.3, 0.4) is 0 Å². The number of carbonyl (C=O) groups excluding carboxylic acids is 1. The summed E-state index contributed by atoms with van der Waals surface area (Å²) in [6, 6.07) is 20.0. The van der Waals surface area contributed by atoms with Crippen molar-refractivity contribution in [1.82, 2.24) is 5.32 Å². The zero-order valence-corrected chi connectivity index (χ0v) is 21.9. The Balaban J connectivity index is 1.69. The van der Waals surface area contributed by atoms with Gasteiger partial charge in [-0.3, -0.25) is 9.10 Å². The SMILES string of the molecule is Cc1ccc(S(=O)(=O)N(CC(=O)NCCSCc2cccc(C)c2)c2cccc(Cl)c2C)cc1. The molecule has 0 heterocycles. The van der Waals surface area contributed by atoms with Gasteiger partial charge in [-0.2, -0.15) is 11.8 Å². The average molecular weight is 517 g/mol. The average Bonchev–Trinajstić information content (AvgIpc) is 2.79. The van der Waals surface area contributed by atoms with Crippen molar-refractivity contribution in [3.05, 3.63) is 94.0 Å². The van der Waals surface area contributed by atoms with Crippen molar-refractivity contribution in [3.8, 4) is 0 Å². The van der Waals surface area contributed by atoms with E-state index in [0.717, 1.165) is 21.4 Å². The molecule has 3 aromatic carbocycles. The van der Waals surface area contributed by atoms with Gasteiger partial charge in [-0.25, -0.2) is 8.42 Å². The number of sulfonamides is 1. The normalized spacial score (nSPS) is 11.3. The van der Waals surface area contributed by atoms with E-state index >= 15 is 0 Å². The Morgan fingerprint density at radius 1 is 0.971 bits per heavy atom. The van der Waals surface area contributed by atoms with Gasteiger partial charge in [-0.1, -0.05) is 65.2 Å². The Morgan fingerprint density at radius 2 is 1.68 bits per heavy atom. The van der Waals surface area contributed by atoms with Crippen LogP contribution in [-0.4, -0.2) is 33.2 Å². The van der Waals surface area contributed by atoms with Crippen LogP contribution in [0.15, 0.2) is 71.6 Å². The second-order valence-corrected chi connectivity index (χ2v) is 11.5. The quantitative estimate of drug-likeness (QED) is 0.361. The molecule has 0 fully saturated rings. The maximum atomic E-state index is 13.5. The van der Waals surface area contributed by atoms with Crippen molar-refractivity contribution in [2.24, 2.45) is 0 Å². The largest absolute Gasteiger partial charge is 0.354 e. The fraction of sp³-hybridized carbons (Fsp3) is 0.269. The van der Waals surface area contributed by atoms with Gasteiger partial charge in [0, 0.05) is 23.1 Å². The summed E-state index contributed by atoms with van der Waals surface area (Å²) in [7, 11) is -3.97. The summed E-state index contributed by atoms with van der Waals surface area (Å²) in [5.74, 6) is 1.21. The summed E-state index contributed by atoms with van der Waals surface area (Å²) >= 11 is 7.98. The van der Waals surface area contributed by atoms with E-state index in [1.54, 1.807) is 61.2 Å². The lowest BCUT2D eigenvalue weighted by atomic mass is 10.2. The molecule has 0 aliphatic rings. The maximum Gasteiger partial charge on any atom is 0.264 e. The molecular weight excluding hydrogens is 488 g/mol. The highest BCUT2D eigenvalue weighted by Crippen LogP contribution is 2.30. The highest BCUT2D eigenvalue weighted by atomic mass is 35.5. The first-order valence-corrected chi connectivity index (χ1v) is 13.9. The zero-order chi connectivity index (χ0) is 24.7. The zero-order valence-electron chi connectivity index (χ0n) is 19.5. The molecule has 0 saturated heterocycles. The minimum Gasteiger partial charge on any atom is -0.354 e. The highest BCUT2D eigenvalue weighted by Gasteiger charge is 2.28. The van der Waals surface area contributed by atoms with Crippen LogP contribution in [0.1, 0.15) is 22.3 Å². The second kappa shape index (κ2) is 11.8. The molecule has 0 aromatic heterocycles. The number of amides is 1. The fourth-order valence-electron chi connectivity index (χ4n) is 3.44. The minimum atomic E-state index is -3.97. The van der Waals surface area contributed by atoms with Crippen LogP contribution in [-0.2, 0) is 20.6 Å². The standard InChI is InChI=1S/C26H29ClN2O3S2/c1-19-10-12-23(13-11-19)34(31,32)29(25-9-5-8-24(27)21(25)3)17-26(30)28-14-15-33-18-22-7-4-6-20(2)16-22/h4-13,16H,14-15,17-18H2,1-3H3,(H,28,30). The minimum absolute atomic E-state index is 0.124. The third-order valence-corrected chi connectivity index (χ3v) is 8.54. The molecule has 0 spiro atoms. The molecule has 0 aliphatic heterocycles. The van der Waals surface area contributed by atoms with Gasteiger partial charge in [0.1, 0.15) is 6.54 Å². The van der Waals surface area contributed by atoms with E-state index in [4.69, 9.17) is 11.6 Å². The first-order chi connectivity index (χ1) is 16.2. The second-order valence-electron chi connectivity index (χ2n) is 8.10. The number of benzene rings is 3. The van der Waals surface area contributed by atoms with Crippen LogP contribution in [0.2, 0.25) is 5.02 Å². The number of hydrogen-bond donors (Lipinski definition) is 1. The molecule has 180 valence electrons. The predicted molar refractivity (Wildman–Crippen MR) is 142 cm³/mol. The predicted octanol–water partition coefficient (Wildman–Crippen LogP) is 5.51. The van der Waals surface area contributed by atoms with Gasteiger partial charge >= 0.3 is 0 Å². The van der Waals surface area contributed by atoms with E-state index in [2.05, 4.69) is 30.4 Å². The van der Waals surface area contributed by atoms with E-state index in [1.807, 2.05) is 13.0 Å². The Hall–Kier alpha value is -2.48. The summed E-state index contributed by atoms with van der Waals surface area (Å²) in [5.41, 5.74) is 4.39. The van der Waals surface area contributed by atoms with Crippen molar-refractivity contribution >= 4 is 45.0 Å². The molecule has 5 nitrogen and oxygen atoms in total. The molecule has 0 bridgehead atoms. The topological polar surface area (TPSA) is 66.5 Å². The molecule has 3 rings (SSSR count). The van der Waals surface area contributed by atoms with Crippen LogP contribution in [0.4, 0.5) is 5.69 Å². The van der Waals surface area contributed by atoms with Crippen molar-refractivity contribution in [1.29, 1.82) is 0 Å². The Kier molecular flexibility index (Phi) is 9.05. The first kappa shape index (κ1) is 26.1. The van der Waals surface area contributed by atoms with Gasteiger partial charge < -0.3 is 5.32 Å². The third kappa shape index (κ3) is 6.78. The summed E-state index contributed by atoms with van der Waals surface area (Å²) in [5, 5.41) is 3.29. The number of thioether (sulfide) groups is 1. The van der Waals surface area contributed by atoms with Crippen LogP contribution in [0.5, 0.6) is 0 Å². The molecule has 3 aromatic rings. The van der Waals surface area contributed by atoms with E-state index < -0.39 is 10.0 Å². The molecule has 0 atom stereocenters. The van der Waals surface area contributed by atoms with E-state index in [-0.39, 0.29) is 17.3 Å². The van der Waals surface area contributed by atoms with Crippen LogP contribution < -0.4 is 9.62 Å². The number of nitrogens with one attached hydrogen (secondary N) is 1. The Bertz CT molecular complexity index is 1250. The summed E-state index contributed by atoms with van der Waals surface area (Å²) in [6.45, 7) is 5.81. The van der Waals surface area contributed by atoms with Gasteiger partial charge in [-0.15, -0.1) is 0 Å². The number of halogens is 1. The van der Waals surface area contributed by atoms with Gasteiger partial charge in [0.2, 0.25) is 5.91 Å². The van der Waals surface area contributed by atoms with Gasteiger partial charge in [0.05, 0.1) is 10.6 Å². The number of rotatable bonds is 10. The molecular formula is C26H29ClN2O3S2. The smallest absolute Gasteiger partial charge is 0.264 e. The molecule has 0 unspecified atom stereocenters. The number of nitrogens with zero attached hydrogens (tertiary/aromatic N) is 1. The van der Waals surface area contributed by atoms with E-state index in [1.165, 1.54) is 11.1 Å². The number of anilines is 1.